The van der Waals surface area contributed by atoms with Crippen LogP contribution < -0.4 is 10.6 Å². The van der Waals surface area contributed by atoms with Crippen molar-refractivity contribution in [2.75, 3.05) is 11.9 Å². The summed E-state index contributed by atoms with van der Waals surface area (Å²) in [5.41, 5.74) is -0.463. The van der Waals surface area contributed by atoms with Gasteiger partial charge in [-0.3, -0.25) is 0 Å². The first-order chi connectivity index (χ1) is 12.2. The number of amides is 2. The molecule has 26 heavy (non-hydrogen) atoms. The van der Waals surface area contributed by atoms with Crippen molar-refractivity contribution < 1.29 is 19.8 Å². The summed E-state index contributed by atoms with van der Waals surface area (Å²) >= 11 is 0. The van der Waals surface area contributed by atoms with Gasteiger partial charge in [0.1, 0.15) is 5.82 Å². The van der Waals surface area contributed by atoms with Crippen LogP contribution in [0.15, 0.2) is 36.7 Å². The molecule has 0 fully saturated rings. The van der Waals surface area contributed by atoms with Gasteiger partial charge in [-0.1, -0.05) is 26.0 Å². The fourth-order valence-electron chi connectivity index (χ4n) is 2.40. The van der Waals surface area contributed by atoms with Gasteiger partial charge in [0.2, 0.25) is 0 Å². The number of benzene rings is 1. The molecular weight excluding hydrogens is 336 g/mol. The number of nitrogens with zero attached hydrogens (tertiary/aromatic N) is 2. The van der Waals surface area contributed by atoms with E-state index < -0.39 is 24.1 Å². The van der Waals surface area contributed by atoms with Gasteiger partial charge >= 0.3 is 12.0 Å². The molecule has 0 bridgehead atoms. The minimum Gasteiger partial charge on any atom is -0.479 e. The largest absolute Gasteiger partial charge is 0.479 e. The van der Waals surface area contributed by atoms with E-state index in [4.69, 9.17) is 5.11 Å². The van der Waals surface area contributed by atoms with E-state index in [1.54, 1.807) is 12.3 Å². The van der Waals surface area contributed by atoms with Crippen molar-refractivity contribution in [3.63, 3.8) is 0 Å². The molecule has 0 radical (unpaired) electrons. The summed E-state index contributed by atoms with van der Waals surface area (Å²) in [7, 11) is 0. The van der Waals surface area contributed by atoms with Crippen molar-refractivity contribution in [1.82, 2.24) is 14.9 Å². The Morgan fingerprint density at radius 2 is 2.08 bits per heavy atom. The zero-order valence-corrected chi connectivity index (χ0v) is 15.1. The van der Waals surface area contributed by atoms with E-state index in [0.29, 0.717) is 18.2 Å². The van der Waals surface area contributed by atoms with Gasteiger partial charge in [0.15, 0.2) is 5.60 Å². The molecular formula is C18H24N4O4. The fraction of sp³-hybridized carbons (Fsp3) is 0.389. The number of aromatic nitrogens is 2. The molecule has 1 atom stereocenters. The summed E-state index contributed by atoms with van der Waals surface area (Å²) in [4.78, 5) is 27.1. The first-order valence-corrected chi connectivity index (χ1v) is 8.29. The highest BCUT2D eigenvalue weighted by Gasteiger charge is 2.30. The Morgan fingerprint density at radius 1 is 1.35 bits per heavy atom. The number of urea groups is 1. The van der Waals surface area contributed by atoms with E-state index in [1.807, 2.05) is 29.0 Å². The molecule has 140 valence electrons. The van der Waals surface area contributed by atoms with E-state index in [2.05, 4.69) is 29.5 Å². The van der Waals surface area contributed by atoms with Gasteiger partial charge in [-0.2, -0.15) is 0 Å². The van der Waals surface area contributed by atoms with Gasteiger partial charge in [-0.05, 0) is 24.6 Å². The first kappa shape index (κ1) is 19.5. The van der Waals surface area contributed by atoms with Crippen LogP contribution in [0.5, 0.6) is 0 Å². The quantitative estimate of drug-likeness (QED) is 0.603. The maximum Gasteiger partial charge on any atom is 0.337 e. The molecule has 0 aliphatic rings. The van der Waals surface area contributed by atoms with Crippen molar-refractivity contribution in [3.8, 4) is 0 Å². The van der Waals surface area contributed by atoms with Crippen LogP contribution >= 0.6 is 0 Å². The normalized spacial score (nSPS) is 13.3. The van der Waals surface area contributed by atoms with Crippen molar-refractivity contribution in [3.05, 3.63) is 48.0 Å². The number of carbonyl (C=O) groups excluding carboxylic acids is 1. The van der Waals surface area contributed by atoms with Crippen molar-refractivity contribution in [2.45, 2.75) is 38.8 Å². The number of aliphatic hydroxyl groups is 1. The van der Waals surface area contributed by atoms with Gasteiger partial charge in [0.25, 0.3) is 0 Å². The Hall–Kier alpha value is -2.87. The highest BCUT2D eigenvalue weighted by atomic mass is 16.4. The number of aliphatic carboxylic acids is 1. The molecule has 2 aromatic rings. The summed E-state index contributed by atoms with van der Waals surface area (Å²) in [5, 5.41) is 23.4. The van der Waals surface area contributed by atoms with Crippen LogP contribution in [-0.4, -0.2) is 43.9 Å². The second-order valence-electron chi connectivity index (χ2n) is 6.66. The van der Waals surface area contributed by atoms with E-state index in [-0.39, 0.29) is 0 Å². The molecule has 2 rings (SSSR count). The van der Waals surface area contributed by atoms with Gasteiger partial charge in [-0.25, -0.2) is 14.6 Å². The van der Waals surface area contributed by atoms with Crippen LogP contribution in [0.1, 0.15) is 38.1 Å². The Kier molecular flexibility index (Phi) is 5.99. The number of hydrogen-bond donors (Lipinski definition) is 4. The van der Waals surface area contributed by atoms with Crippen LogP contribution in [0.2, 0.25) is 0 Å². The van der Waals surface area contributed by atoms with Crippen LogP contribution in [0.4, 0.5) is 10.5 Å². The molecule has 8 nitrogen and oxygen atoms in total. The van der Waals surface area contributed by atoms with Gasteiger partial charge in [-0.15, -0.1) is 0 Å². The highest BCUT2D eigenvalue weighted by molar-refractivity contribution is 5.90. The molecule has 0 saturated heterocycles. The molecule has 1 aromatic heterocycles. The second kappa shape index (κ2) is 8.01. The fourth-order valence-corrected chi connectivity index (χ4v) is 2.40. The monoisotopic (exact) mass is 360 g/mol. The molecule has 1 aromatic carbocycles. The molecule has 0 spiro atoms. The lowest BCUT2D eigenvalue weighted by atomic mass is 10.1. The van der Waals surface area contributed by atoms with Crippen molar-refractivity contribution >= 4 is 17.7 Å². The lowest BCUT2D eigenvalue weighted by Gasteiger charge is -2.18. The van der Waals surface area contributed by atoms with E-state index >= 15 is 0 Å². The van der Waals surface area contributed by atoms with Crippen LogP contribution in [0.25, 0.3) is 0 Å². The lowest BCUT2D eigenvalue weighted by molar-refractivity contribution is -0.155. The smallest absolute Gasteiger partial charge is 0.337 e. The Balaban J connectivity index is 1.99. The molecule has 4 N–H and O–H groups in total. The Labute approximate surface area is 151 Å². The summed E-state index contributed by atoms with van der Waals surface area (Å²) in [6.45, 7) is 5.49. The van der Waals surface area contributed by atoms with Crippen molar-refractivity contribution in [2.24, 2.45) is 0 Å². The maximum absolute atomic E-state index is 11.9. The number of nitrogens with one attached hydrogen (secondary N) is 2. The summed E-state index contributed by atoms with van der Waals surface area (Å²) in [6, 6.07) is 6.75. The van der Waals surface area contributed by atoms with E-state index in [1.165, 1.54) is 0 Å². The minimum absolute atomic E-state index is 0.305. The highest BCUT2D eigenvalue weighted by Crippen LogP contribution is 2.16. The number of anilines is 1. The zero-order valence-electron chi connectivity index (χ0n) is 15.1. The second-order valence-corrected chi connectivity index (χ2v) is 6.66. The standard InChI is InChI=1S/C18H24N4O4/c1-12(2)15-19-7-8-22(15)10-13-5-4-6-14(9-13)21-17(25)20-11-18(3,26)16(23)24/h4-9,12,26H,10-11H2,1-3H3,(H,23,24)(H2,20,21,25). The average Bonchev–Trinajstić information content (AvgIpc) is 3.01. The molecule has 0 saturated carbocycles. The third kappa shape index (κ3) is 5.06. The maximum atomic E-state index is 11.9. The van der Waals surface area contributed by atoms with Crippen LogP contribution in [0.3, 0.4) is 0 Å². The van der Waals surface area contributed by atoms with E-state index in [0.717, 1.165) is 18.3 Å². The molecule has 1 heterocycles. The van der Waals surface area contributed by atoms with Crippen LogP contribution in [0, 0.1) is 0 Å². The number of rotatable bonds is 7. The molecule has 0 aliphatic carbocycles. The molecule has 0 aliphatic heterocycles. The SMILES string of the molecule is CC(C)c1nccn1Cc1cccc(NC(=O)NCC(C)(O)C(=O)O)c1. The Bertz CT molecular complexity index is 783. The zero-order chi connectivity index (χ0) is 19.3. The third-order valence-corrected chi connectivity index (χ3v) is 3.86. The average molecular weight is 360 g/mol. The molecule has 1 unspecified atom stereocenters. The minimum atomic E-state index is -2.02. The summed E-state index contributed by atoms with van der Waals surface area (Å²) in [6.07, 6.45) is 3.68. The predicted molar refractivity (Wildman–Crippen MR) is 97.1 cm³/mol. The van der Waals surface area contributed by atoms with Gasteiger partial charge in [0, 0.05) is 30.5 Å². The predicted octanol–water partition coefficient (Wildman–Crippen LogP) is 2.01. The number of carbonyl (C=O) groups is 2. The lowest BCUT2D eigenvalue weighted by Crippen LogP contribution is -2.47. The van der Waals surface area contributed by atoms with Gasteiger partial charge < -0.3 is 25.4 Å². The third-order valence-electron chi connectivity index (χ3n) is 3.86. The molecule has 8 heteroatoms. The number of carboxylic acid groups (broad SMARTS) is 1. The van der Waals surface area contributed by atoms with Crippen molar-refractivity contribution in [1.29, 1.82) is 0 Å². The summed E-state index contributed by atoms with van der Waals surface area (Å²) in [5.74, 6) is -0.114. The summed E-state index contributed by atoms with van der Waals surface area (Å²) < 4.78 is 2.05. The number of carboxylic acids is 1. The number of imidazole rings is 1. The van der Waals surface area contributed by atoms with Crippen LogP contribution in [-0.2, 0) is 11.3 Å². The Morgan fingerprint density at radius 3 is 2.73 bits per heavy atom. The number of hydrogen-bond acceptors (Lipinski definition) is 4. The first-order valence-electron chi connectivity index (χ1n) is 8.29. The molecule has 2 amide bonds. The van der Waals surface area contributed by atoms with Gasteiger partial charge in [0.05, 0.1) is 6.54 Å². The van der Waals surface area contributed by atoms with E-state index in [9.17, 15) is 14.7 Å². The topological polar surface area (TPSA) is 116 Å².